The first-order valence-corrected chi connectivity index (χ1v) is 9.14. The van der Waals surface area contributed by atoms with Gasteiger partial charge in [-0.2, -0.15) is 0 Å². The summed E-state index contributed by atoms with van der Waals surface area (Å²) in [6, 6.07) is 15.7. The molecule has 4 rings (SSSR count). The molecule has 134 valence electrons. The largest absolute Gasteiger partial charge is 0.494 e. The molecule has 1 fully saturated rings. The molecule has 1 saturated heterocycles. The normalized spacial score (nSPS) is 20.3. The zero-order chi connectivity index (χ0) is 18.5. The van der Waals surface area contributed by atoms with E-state index in [2.05, 4.69) is 6.07 Å². The number of hydrogen-bond acceptors (Lipinski definition) is 3. The SMILES string of the molecule is CC1(C)OB(c2ccc(C(=O)N3CCc4ccccc43)cc2)OC1(C)C. The van der Waals surface area contributed by atoms with E-state index in [1.807, 2.05) is 75.1 Å². The second-order valence-electron chi connectivity index (χ2n) is 8.05. The summed E-state index contributed by atoms with van der Waals surface area (Å²) in [5.41, 5.74) is 3.13. The van der Waals surface area contributed by atoms with E-state index in [1.54, 1.807) is 0 Å². The van der Waals surface area contributed by atoms with E-state index in [0.29, 0.717) is 5.56 Å². The van der Waals surface area contributed by atoms with Gasteiger partial charge in [-0.1, -0.05) is 30.3 Å². The van der Waals surface area contributed by atoms with Crippen LogP contribution in [0.5, 0.6) is 0 Å². The van der Waals surface area contributed by atoms with E-state index in [-0.39, 0.29) is 17.1 Å². The number of amides is 1. The third kappa shape index (κ3) is 2.76. The van der Waals surface area contributed by atoms with Crippen molar-refractivity contribution < 1.29 is 14.1 Å². The lowest BCUT2D eigenvalue weighted by atomic mass is 9.79. The maximum atomic E-state index is 12.9. The van der Waals surface area contributed by atoms with Gasteiger partial charge in [0.15, 0.2) is 0 Å². The summed E-state index contributed by atoms with van der Waals surface area (Å²) in [7, 11) is -0.406. The fraction of sp³-hybridized carbons (Fsp3) is 0.381. The van der Waals surface area contributed by atoms with E-state index >= 15 is 0 Å². The summed E-state index contributed by atoms with van der Waals surface area (Å²) < 4.78 is 12.2. The Morgan fingerprint density at radius 2 is 1.58 bits per heavy atom. The van der Waals surface area contributed by atoms with Crippen molar-refractivity contribution in [1.82, 2.24) is 0 Å². The highest BCUT2D eigenvalue weighted by Crippen LogP contribution is 2.36. The molecular formula is C21H24BNO3. The van der Waals surface area contributed by atoms with Crippen LogP contribution in [0.15, 0.2) is 48.5 Å². The summed E-state index contributed by atoms with van der Waals surface area (Å²) in [6.45, 7) is 8.88. The second kappa shape index (κ2) is 5.97. The number of para-hydroxylation sites is 1. The van der Waals surface area contributed by atoms with Gasteiger partial charge < -0.3 is 14.2 Å². The van der Waals surface area contributed by atoms with Crippen molar-refractivity contribution in [3.63, 3.8) is 0 Å². The quantitative estimate of drug-likeness (QED) is 0.782. The minimum atomic E-state index is -0.406. The molecule has 1 amide bonds. The van der Waals surface area contributed by atoms with Gasteiger partial charge in [-0.25, -0.2) is 0 Å². The zero-order valence-corrected chi connectivity index (χ0v) is 15.8. The smallest absolute Gasteiger partial charge is 0.399 e. The molecule has 0 aliphatic carbocycles. The predicted molar refractivity (Wildman–Crippen MR) is 104 cm³/mol. The van der Waals surface area contributed by atoms with Crippen LogP contribution in [-0.4, -0.2) is 30.8 Å². The average molecular weight is 349 g/mol. The number of benzene rings is 2. The molecule has 0 spiro atoms. The average Bonchev–Trinajstić information content (AvgIpc) is 3.13. The van der Waals surface area contributed by atoms with Crippen LogP contribution >= 0.6 is 0 Å². The molecule has 2 aliphatic heterocycles. The summed E-state index contributed by atoms with van der Waals surface area (Å²) >= 11 is 0. The number of anilines is 1. The van der Waals surface area contributed by atoms with Crippen LogP contribution < -0.4 is 10.4 Å². The Bertz CT molecular complexity index is 829. The molecule has 0 saturated carbocycles. The topological polar surface area (TPSA) is 38.8 Å². The monoisotopic (exact) mass is 349 g/mol. The number of carbonyl (C=O) groups is 1. The van der Waals surface area contributed by atoms with Crippen LogP contribution in [0.1, 0.15) is 43.6 Å². The first kappa shape index (κ1) is 17.3. The number of nitrogens with zero attached hydrogens (tertiary/aromatic N) is 1. The molecule has 0 radical (unpaired) electrons. The standard InChI is InChI=1S/C21H24BNO3/c1-20(2)21(3,4)26-22(25-20)17-11-9-16(10-12-17)19(24)23-14-13-15-7-5-6-8-18(15)23/h5-12H,13-14H2,1-4H3. The fourth-order valence-electron chi connectivity index (χ4n) is 3.47. The maximum Gasteiger partial charge on any atom is 0.494 e. The first-order valence-electron chi connectivity index (χ1n) is 9.14. The van der Waals surface area contributed by atoms with Crippen LogP contribution in [0.4, 0.5) is 5.69 Å². The minimum Gasteiger partial charge on any atom is -0.399 e. The lowest BCUT2D eigenvalue weighted by molar-refractivity contribution is 0.00578. The van der Waals surface area contributed by atoms with E-state index in [0.717, 1.165) is 24.1 Å². The van der Waals surface area contributed by atoms with Gasteiger partial charge in [0.05, 0.1) is 11.2 Å². The van der Waals surface area contributed by atoms with Crippen LogP contribution in [0.3, 0.4) is 0 Å². The maximum absolute atomic E-state index is 12.9. The Labute approximate surface area is 155 Å². The van der Waals surface area contributed by atoms with Crippen molar-refractivity contribution in [2.24, 2.45) is 0 Å². The van der Waals surface area contributed by atoms with Crippen molar-refractivity contribution in [1.29, 1.82) is 0 Å². The second-order valence-corrected chi connectivity index (χ2v) is 8.05. The Kier molecular flexibility index (Phi) is 3.97. The molecule has 0 unspecified atom stereocenters. The van der Waals surface area contributed by atoms with Crippen LogP contribution in [0.2, 0.25) is 0 Å². The molecule has 0 aromatic heterocycles. The van der Waals surface area contributed by atoms with E-state index in [1.165, 1.54) is 5.56 Å². The molecule has 26 heavy (non-hydrogen) atoms. The molecule has 2 aromatic carbocycles. The van der Waals surface area contributed by atoms with Crippen molar-refractivity contribution >= 4 is 24.2 Å². The molecule has 0 bridgehead atoms. The highest BCUT2D eigenvalue weighted by molar-refractivity contribution is 6.62. The number of hydrogen-bond donors (Lipinski definition) is 0. The Hall–Kier alpha value is -2.11. The molecule has 2 aliphatic rings. The van der Waals surface area contributed by atoms with Gasteiger partial charge in [0, 0.05) is 17.8 Å². The van der Waals surface area contributed by atoms with Crippen molar-refractivity contribution in [3.05, 3.63) is 59.7 Å². The predicted octanol–water partition coefficient (Wildman–Crippen LogP) is 3.19. The minimum absolute atomic E-state index is 0.0374. The van der Waals surface area contributed by atoms with Gasteiger partial charge in [-0.15, -0.1) is 0 Å². The Morgan fingerprint density at radius 3 is 2.23 bits per heavy atom. The number of fused-ring (bicyclic) bond motifs is 1. The third-order valence-electron chi connectivity index (χ3n) is 5.82. The van der Waals surface area contributed by atoms with E-state index < -0.39 is 7.12 Å². The van der Waals surface area contributed by atoms with Crippen molar-refractivity contribution in [2.45, 2.75) is 45.3 Å². The zero-order valence-electron chi connectivity index (χ0n) is 15.8. The summed E-state index contributed by atoms with van der Waals surface area (Å²) in [4.78, 5) is 14.8. The van der Waals surface area contributed by atoms with Gasteiger partial charge in [0.25, 0.3) is 5.91 Å². The highest BCUT2D eigenvalue weighted by Gasteiger charge is 2.51. The summed E-state index contributed by atoms with van der Waals surface area (Å²) in [5, 5.41) is 0. The van der Waals surface area contributed by atoms with E-state index in [9.17, 15) is 4.79 Å². The molecule has 0 N–H and O–H groups in total. The summed E-state index contributed by atoms with van der Waals surface area (Å²) in [6.07, 6.45) is 0.911. The number of carbonyl (C=O) groups excluding carboxylic acids is 1. The lowest BCUT2D eigenvalue weighted by Gasteiger charge is -2.32. The lowest BCUT2D eigenvalue weighted by Crippen LogP contribution is -2.41. The van der Waals surface area contributed by atoms with Gasteiger partial charge in [0.2, 0.25) is 0 Å². The molecule has 4 nitrogen and oxygen atoms in total. The molecule has 0 atom stereocenters. The Balaban J connectivity index is 1.53. The molecule has 2 heterocycles. The van der Waals surface area contributed by atoms with Crippen molar-refractivity contribution in [3.8, 4) is 0 Å². The molecule has 2 aromatic rings. The van der Waals surface area contributed by atoms with Gasteiger partial charge in [-0.3, -0.25) is 4.79 Å². The molecular weight excluding hydrogens is 325 g/mol. The highest BCUT2D eigenvalue weighted by atomic mass is 16.7. The van der Waals surface area contributed by atoms with Crippen LogP contribution in [0.25, 0.3) is 0 Å². The Morgan fingerprint density at radius 1 is 0.962 bits per heavy atom. The van der Waals surface area contributed by atoms with Crippen LogP contribution in [-0.2, 0) is 15.7 Å². The first-order chi connectivity index (χ1) is 12.3. The molecule has 5 heteroatoms. The van der Waals surface area contributed by atoms with Crippen LogP contribution in [0, 0.1) is 0 Å². The van der Waals surface area contributed by atoms with Gasteiger partial charge >= 0.3 is 7.12 Å². The fourth-order valence-corrected chi connectivity index (χ4v) is 3.47. The summed E-state index contributed by atoms with van der Waals surface area (Å²) in [5.74, 6) is 0.0374. The third-order valence-corrected chi connectivity index (χ3v) is 5.82. The number of rotatable bonds is 2. The van der Waals surface area contributed by atoms with Gasteiger partial charge in [0.1, 0.15) is 0 Å². The van der Waals surface area contributed by atoms with Gasteiger partial charge in [-0.05, 0) is 63.3 Å². The van der Waals surface area contributed by atoms with Crippen molar-refractivity contribution in [2.75, 3.05) is 11.4 Å². The van der Waals surface area contributed by atoms with E-state index in [4.69, 9.17) is 9.31 Å².